The summed E-state index contributed by atoms with van der Waals surface area (Å²) >= 11 is 1.51. The van der Waals surface area contributed by atoms with Gasteiger partial charge in [-0.25, -0.2) is 4.79 Å². The number of hydrogen-bond acceptors (Lipinski definition) is 4. The molecule has 0 unspecified atom stereocenters. The number of carbonyl (C=O) groups excluding carboxylic acids is 2. The lowest BCUT2D eigenvalue weighted by Crippen LogP contribution is -2.46. The van der Waals surface area contributed by atoms with E-state index >= 15 is 0 Å². The number of carbonyl (C=O) groups is 2. The van der Waals surface area contributed by atoms with Gasteiger partial charge in [-0.2, -0.15) is 0 Å². The van der Waals surface area contributed by atoms with E-state index in [1.165, 1.54) is 28.2 Å². The topological polar surface area (TPSA) is 55.4 Å². The molecule has 0 bridgehead atoms. The lowest BCUT2D eigenvalue weighted by molar-refractivity contribution is -0.130. The lowest BCUT2D eigenvalue weighted by atomic mass is 9.90. The quantitative estimate of drug-likeness (QED) is 0.868. The molecular formula is C17H25NO3S. The van der Waals surface area contributed by atoms with Crippen molar-refractivity contribution < 1.29 is 14.3 Å². The van der Waals surface area contributed by atoms with Gasteiger partial charge in [0.05, 0.1) is 0 Å². The summed E-state index contributed by atoms with van der Waals surface area (Å²) in [5.41, 5.74) is 0.929. The van der Waals surface area contributed by atoms with Crippen LogP contribution in [0.4, 0.5) is 0 Å². The van der Waals surface area contributed by atoms with Gasteiger partial charge in [-0.3, -0.25) is 4.79 Å². The van der Waals surface area contributed by atoms with Crippen LogP contribution in [0.1, 0.15) is 61.2 Å². The Kier molecular flexibility index (Phi) is 4.95. The Labute approximate surface area is 136 Å². The first kappa shape index (κ1) is 17.0. The van der Waals surface area contributed by atoms with Crippen LogP contribution in [-0.4, -0.2) is 23.5 Å². The first-order valence-electron chi connectivity index (χ1n) is 7.80. The summed E-state index contributed by atoms with van der Waals surface area (Å²) in [5.74, 6) is 0.00172. The number of ether oxygens (including phenoxy) is 1. The van der Waals surface area contributed by atoms with E-state index in [1.54, 1.807) is 6.92 Å². The van der Waals surface area contributed by atoms with E-state index in [0.29, 0.717) is 10.8 Å². The molecule has 2 rings (SSSR count). The Morgan fingerprint density at radius 1 is 1.41 bits per heavy atom. The van der Waals surface area contributed by atoms with Crippen LogP contribution in [0.2, 0.25) is 0 Å². The minimum Gasteiger partial charge on any atom is -0.448 e. The van der Waals surface area contributed by atoms with Gasteiger partial charge in [0.2, 0.25) is 0 Å². The Morgan fingerprint density at radius 3 is 2.73 bits per heavy atom. The highest BCUT2D eigenvalue weighted by atomic mass is 32.1. The molecule has 2 atom stereocenters. The second kappa shape index (κ2) is 6.41. The highest BCUT2D eigenvalue weighted by molar-refractivity contribution is 7.14. The SMILES string of the molecule is C[C@@H]1CCc2sc(C(=O)O[C@@H](C)C(=O)NC(C)(C)C)cc2C1. The average molecular weight is 323 g/mol. The van der Waals surface area contributed by atoms with E-state index in [4.69, 9.17) is 4.74 Å². The lowest BCUT2D eigenvalue weighted by Gasteiger charge is -2.23. The molecule has 0 saturated heterocycles. The molecule has 1 aliphatic rings. The van der Waals surface area contributed by atoms with E-state index in [9.17, 15) is 9.59 Å². The molecule has 1 aromatic rings. The van der Waals surface area contributed by atoms with Crippen LogP contribution in [0.15, 0.2) is 6.07 Å². The molecule has 122 valence electrons. The van der Waals surface area contributed by atoms with Crippen LogP contribution in [-0.2, 0) is 22.4 Å². The van der Waals surface area contributed by atoms with Crippen molar-refractivity contribution in [2.24, 2.45) is 5.92 Å². The van der Waals surface area contributed by atoms with Crippen molar-refractivity contribution >= 4 is 23.2 Å². The second-order valence-electron chi connectivity index (χ2n) is 7.19. The van der Waals surface area contributed by atoms with Gasteiger partial charge in [-0.15, -0.1) is 11.3 Å². The van der Waals surface area contributed by atoms with E-state index in [0.717, 1.165) is 12.8 Å². The monoisotopic (exact) mass is 323 g/mol. The van der Waals surface area contributed by atoms with Gasteiger partial charge in [0.1, 0.15) is 4.88 Å². The normalized spacial score (nSPS) is 19.2. The molecule has 1 amide bonds. The van der Waals surface area contributed by atoms with Crippen molar-refractivity contribution in [1.29, 1.82) is 0 Å². The third-order valence-corrected chi connectivity index (χ3v) is 4.90. The van der Waals surface area contributed by atoms with Crippen LogP contribution >= 0.6 is 11.3 Å². The van der Waals surface area contributed by atoms with Gasteiger partial charge in [0, 0.05) is 10.4 Å². The van der Waals surface area contributed by atoms with Gasteiger partial charge < -0.3 is 10.1 Å². The van der Waals surface area contributed by atoms with Crippen LogP contribution in [0.5, 0.6) is 0 Å². The fraction of sp³-hybridized carbons (Fsp3) is 0.647. The summed E-state index contributed by atoms with van der Waals surface area (Å²) in [6.07, 6.45) is 2.45. The molecule has 0 aliphatic heterocycles. The highest BCUT2D eigenvalue weighted by Crippen LogP contribution is 2.32. The molecule has 5 heteroatoms. The van der Waals surface area contributed by atoms with E-state index in [-0.39, 0.29) is 11.4 Å². The van der Waals surface area contributed by atoms with Crippen molar-refractivity contribution in [2.45, 2.75) is 65.5 Å². The van der Waals surface area contributed by atoms with Crippen molar-refractivity contribution in [3.63, 3.8) is 0 Å². The molecule has 1 N–H and O–H groups in total. The number of hydrogen-bond donors (Lipinski definition) is 1. The number of fused-ring (bicyclic) bond motifs is 1. The molecular weight excluding hydrogens is 298 g/mol. The molecule has 4 nitrogen and oxygen atoms in total. The third kappa shape index (κ3) is 4.32. The zero-order valence-electron chi connectivity index (χ0n) is 14.0. The number of esters is 1. The maximum Gasteiger partial charge on any atom is 0.349 e. The maximum absolute atomic E-state index is 12.2. The van der Waals surface area contributed by atoms with Gasteiger partial charge in [-0.05, 0) is 64.5 Å². The molecule has 1 aromatic heterocycles. The molecule has 0 saturated carbocycles. The minimum atomic E-state index is -0.787. The fourth-order valence-electron chi connectivity index (χ4n) is 2.55. The van der Waals surface area contributed by atoms with Crippen LogP contribution < -0.4 is 5.32 Å². The van der Waals surface area contributed by atoms with Gasteiger partial charge >= 0.3 is 5.97 Å². The van der Waals surface area contributed by atoms with E-state index in [2.05, 4.69) is 12.2 Å². The van der Waals surface area contributed by atoms with Gasteiger partial charge in [-0.1, -0.05) is 6.92 Å². The number of aryl methyl sites for hydroxylation is 1. The van der Waals surface area contributed by atoms with E-state index < -0.39 is 12.1 Å². The van der Waals surface area contributed by atoms with Gasteiger partial charge in [0.15, 0.2) is 6.10 Å². The molecule has 1 heterocycles. The number of amides is 1. The predicted molar refractivity (Wildman–Crippen MR) is 88.3 cm³/mol. The first-order chi connectivity index (χ1) is 10.2. The zero-order chi connectivity index (χ0) is 16.5. The summed E-state index contributed by atoms with van der Waals surface area (Å²) in [6, 6.07) is 1.94. The predicted octanol–water partition coefficient (Wildman–Crippen LogP) is 3.33. The van der Waals surface area contributed by atoms with Crippen molar-refractivity contribution in [2.75, 3.05) is 0 Å². The first-order valence-corrected chi connectivity index (χ1v) is 8.62. The summed E-state index contributed by atoms with van der Waals surface area (Å²) in [4.78, 5) is 26.1. The summed E-state index contributed by atoms with van der Waals surface area (Å²) in [7, 11) is 0. The summed E-state index contributed by atoms with van der Waals surface area (Å²) in [5, 5.41) is 2.82. The van der Waals surface area contributed by atoms with E-state index in [1.807, 2.05) is 26.8 Å². The Bertz CT molecular complexity index is 571. The number of thiophene rings is 1. The van der Waals surface area contributed by atoms with Crippen molar-refractivity contribution in [3.8, 4) is 0 Å². The Morgan fingerprint density at radius 2 is 2.09 bits per heavy atom. The van der Waals surface area contributed by atoms with Crippen LogP contribution in [0.25, 0.3) is 0 Å². The van der Waals surface area contributed by atoms with Crippen LogP contribution in [0.3, 0.4) is 0 Å². The smallest absolute Gasteiger partial charge is 0.349 e. The molecule has 0 fully saturated rings. The maximum atomic E-state index is 12.2. The van der Waals surface area contributed by atoms with Crippen molar-refractivity contribution in [1.82, 2.24) is 5.32 Å². The fourth-order valence-corrected chi connectivity index (χ4v) is 3.64. The summed E-state index contributed by atoms with van der Waals surface area (Å²) in [6.45, 7) is 9.53. The average Bonchev–Trinajstić information content (AvgIpc) is 2.79. The largest absolute Gasteiger partial charge is 0.448 e. The van der Waals surface area contributed by atoms with Crippen LogP contribution in [0, 0.1) is 5.92 Å². The Balaban J connectivity index is 1.99. The third-order valence-electron chi connectivity index (χ3n) is 3.68. The molecule has 0 spiro atoms. The molecule has 22 heavy (non-hydrogen) atoms. The van der Waals surface area contributed by atoms with Crippen molar-refractivity contribution in [3.05, 3.63) is 21.4 Å². The number of nitrogens with one attached hydrogen (secondary N) is 1. The summed E-state index contributed by atoms with van der Waals surface area (Å²) < 4.78 is 5.31. The second-order valence-corrected chi connectivity index (χ2v) is 8.33. The minimum absolute atomic E-state index is 0.268. The highest BCUT2D eigenvalue weighted by Gasteiger charge is 2.25. The number of rotatable bonds is 3. The zero-order valence-corrected chi connectivity index (χ0v) is 14.8. The molecule has 0 aromatic carbocycles. The standard InChI is InChI=1S/C17H25NO3S/c1-10-6-7-13-12(8-10)9-14(22-13)16(20)21-11(2)15(19)18-17(3,4)5/h9-11H,6-8H2,1-5H3,(H,18,19)/t10-,11+/m1/s1. The molecule has 0 radical (unpaired) electrons. The Hall–Kier alpha value is -1.36. The van der Waals surface area contributed by atoms with Gasteiger partial charge in [0.25, 0.3) is 5.91 Å². The molecule has 1 aliphatic carbocycles.